The average molecular weight is 447 g/mol. The van der Waals surface area contributed by atoms with Gasteiger partial charge >= 0.3 is 6.18 Å². The largest absolute Gasteiger partial charge is 0.416 e. The van der Waals surface area contributed by atoms with Crippen molar-refractivity contribution in [2.24, 2.45) is 0 Å². The zero-order valence-electron chi connectivity index (χ0n) is 13.2. The molecule has 0 aliphatic heterocycles. The van der Waals surface area contributed by atoms with Crippen molar-refractivity contribution >= 4 is 28.5 Å². The van der Waals surface area contributed by atoms with Gasteiger partial charge in [-0.3, -0.25) is 4.79 Å². The van der Waals surface area contributed by atoms with Gasteiger partial charge < -0.3 is 5.32 Å². The number of alkyl halides is 3. The van der Waals surface area contributed by atoms with Crippen LogP contribution in [0, 0.1) is 3.57 Å². The summed E-state index contributed by atoms with van der Waals surface area (Å²) in [6.45, 7) is 3.84. The van der Waals surface area contributed by atoms with Gasteiger partial charge in [0.15, 0.2) is 0 Å². The molecule has 0 aliphatic carbocycles. The van der Waals surface area contributed by atoms with Crippen molar-refractivity contribution in [2.45, 2.75) is 25.4 Å². The van der Waals surface area contributed by atoms with Gasteiger partial charge in [0.05, 0.1) is 11.1 Å². The van der Waals surface area contributed by atoms with E-state index in [2.05, 4.69) is 27.9 Å². The molecule has 0 bridgehead atoms. The Morgan fingerprint density at radius 3 is 2.29 bits per heavy atom. The number of hydrogen-bond acceptors (Lipinski definition) is 1. The van der Waals surface area contributed by atoms with Crippen molar-refractivity contribution in [1.82, 2.24) is 5.32 Å². The van der Waals surface area contributed by atoms with Crippen LogP contribution in [0.4, 0.5) is 13.2 Å². The van der Waals surface area contributed by atoms with E-state index in [1.54, 1.807) is 32.0 Å². The number of carbonyl (C=O) groups excluding carboxylic acids is 1. The smallest absolute Gasteiger partial charge is 0.351 e. The Hall–Kier alpha value is -1.57. The minimum Gasteiger partial charge on any atom is -0.351 e. The van der Waals surface area contributed by atoms with Gasteiger partial charge in [-0.25, -0.2) is 0 Å². The minimum atomic E-state index is -4.38. The Morgan fingerprint density at radius 1 is 1.04 bits per heavy atom. The molecule has 0 saturated carbocycles. The molecule has 1 amide bonds. The van der Waals surface area contributed by atoms with Crippen LogP contribution in [0.25, 0.3) is 0 Å². The highest BCUT2D eigenvalue weighted by atomic mass is 127. The molecule has 0 unspecified atom stereocenters. The van der Waals surface area contributed by atoms with Crippen molar-refractivity contribution in [3.8, 4) is 0 Å². The summed E-state index contributed by atoms with van der Waals surface area (Å²) in [5, 5.41) is 2.81. The number of amides is 1. The van der Waals surface area contributed by atoms with Crippen molar-refractivity contribution in [2.75, 3.05) is 6.54 Å². The van der Waals surface area contributed by atoms with E-state index in [0.29, 0.717) is 11.1 Å². The van der Waals surface area contributed by atoms with E-state index in [4.69, 9.17) is 0 Å². The molecule has 0 heterocycles. The van der Waals surface area contributed by atoms with E-state index in [1.165, 1.54) is 6.07 Å². The second kappa shape index (κ2) is 7.13. The highest BCUT2D eigenvalue weighted by molar-refractivity contribution is 14.1. The molecule has 24 heavy (non-hydrogen) atoms. The summed E-state index contributed by atoms with van der Waals surface area (Å²) >= 11 is 2.07. The van der Waals surface area contributed by atoms with Crippen molar-refractivity contribution in [3.63, 3.8) is 0 Å². The Kier molecular flexibility index (Phi) is 5.57. The van der Waals surface area contributed by atoms with Gasteiger partial charge in [-0.1, -0.05) is 44.2 Å². The second-order valence-corrected chi connectivity index (χ2v) is 7.29. The molecular formula is C18H17F3INO. The summed E-state index contributed by atoms with van der Waals surface area (Å²) in [6, 6.07) is 12.4. The fourth-order valence-corrected chi connectivity index (χ4v) is 2.89. The normalized spacial score (nSPS) is 12.1. The molecule has 0 spiro atoms. The number of benzene rings is 2. The van der Waals surface area contributed by atoms with Crippen LogP contribution in [0.2, 0.25) is 0 Å². The maximum Gasteiger partial charge on any atom is 0.416 e. The maximum atomic E-state index is 12.9. The van der Waals surface area contributed by atoms with E-state index in [-0.39, 0.29) is 12.5 Å². The third-order valence-corrected chi connectivity index (χ3v) is 4.72. The maximum absolute atomic E-state index is 12.9. The van der Waals surface area contributed by atoms with Gasteiger partial charge in [-0.2, -0.15) is 13.2 Å². The van der Waals surface area contributed by atoms with E-state index >= 15 is 0 Å². The minimum absolute atomic E-state index is 0.234. The number of rotatable bonds is 4. The summed E-state index contributed by atoms with van der Waals surface area (Å²) in [5.74, 6) is -0.236. The zero-order chi connectivity index (χ0) is 18.0. The van der Waals surface area contributed by atoms with E-state index in [1.807, 2.05) is 12.1 Å². The zero-order valence-corrected chi connectivity index (χ0v) is 15.4. The van der Waals surface area contributed by atoms with Gasteiger partial charge in [0.2, 0.25) is 0 Å². The Morgan fingerprint density at radius 2 is 1.67 bits per heavy atom. The highest BCUT2D eigenvalue weighted by Crippen LogP contribution is 2.32. The van der Waals surface area contributed by atoms with Gasteiger partial charge in [0.1, 0.15) is 0 Å². The predicted octanol–water partition coefficient (Wildman–Crippen LogP) is 5.02. The van der Waals surface area contributed by atoms with Crippen LogP contribution in [0.1, 0.15) is 35.3 Å². The molecule has 0 saturated heterocycles. The topological polar surface area (TPSA) is 29.1 Å². The van der Waals surface area contributed by atoms with Gasteiger partial charge in [0.25, 0.3) is 5.91 Å². The van der Waals surface area contributed by atoms with Crippen LogP contribution in [0.15, 0.2) is 48.5 Å². The monoisotopic (exact) mass is 447 g/mol. The lowest BCUT2D eigenvalue weighted by Gasteiger charge is -2.26. The lowest BCUT2D eigenvalue weighted by molar-refractivity contribution is -0.137. The lowest BCUT2D eigenvalue weighted by atomic mass is 9.83. The van der Waals surface area contributed by atoms with Crippen LogP contribution in [-0.4, -0.2) is 12.5 Å². The molecule has 0 aromatic heterocycles. The molecule has 0 aliphatic rings. The summed E-state index contributed by atoms with van der Waals surface area (Å²) in [4.78, 5) is 12.3. The molecule has 2 rings (SSSR count). The van der Waals surface area contributed by atoms with Gasteiger partial charge in [-0.15, -0.1) is 0 Å². The van der Waals surface area contributed by atoms with Gasteiger partial charge in [-0.05, 0) is 46.4 Å². The average Bonchev–Trinajstić information content (AvgIpc) is 2.52. The van der Waals surface area contributed by atoms with Crippen molar-refractivity contribution in [3.05, 3.63) is 68.8 Å². The predicted molar refractivity (Wildman–Crippen MR) is 96.0 cm³/mol. The van der Waals surface area contributed by atoms with Crippen LogP contribution >= 0.6 is 22.6 Å². The molecule has 0 fully saturated rings. The number of hydrogen-bond donors (Lipinski definition) is 1. The summed E-state index contributed by atoms with van der Waals surface area (Å²) in [6.07, 6.45) is -4.38. The summed E-state index contributed by atoms with van der Waals surface area (Å²) in [7, 11) is 0. The molecule has 128 valence electrons. The Bertz CT molecular complexity index is 741. The van der Waals surface area contributed by atoms with Crippen molar-refractivity contribution in [1.29, 1.82) is 0 Å². The first kappa shape index (κ1) is 18.8. The third-order valence-electron chi connectivity index (χ3n) is 3.78. The molecule has 6 heteroatoms. The molecule has 2 aromatic rings. The van der Waals surface area contributed by atoms with Crippen LogP contribution in [0.5, 0.6) is 0 Å². The highest BCUT2D eigenvalue weighted by Gasteiger charge is 2.32. The van der Waals surface area contributed by atoms with E-state index in [9.17, 15) is 18.0 Å². The SMILES string of the molecule is CC(C)(CNC(=O)c1ccccc1I)c1cccc(C(F)(F)F)c1. The first-order chi connectivity index (χ1) is 11.1. The van der Waals surface area contributed by atoms with E-state index < -0.39 is 17.2 Å². The quantitative estimate of drug-likeness (QED) is 0.656. The first-order valence-electron chi connectivity index (χ1n) is 7.32. The lowest BCUT2D eigenvalue weighted by Crippen LogP contribution is -2.37. The molecular weight excluding hydrogens is 430 g/mol. The van der Waals surface area contributed by atoms with Crippen LogP contribution < -0.4 is 5.32 Å². The Labute approximate surface area is 152 Å². The summed E-state index contributed by atoms with van der Waals surface area (Å²) in [5.41, 5.74) is -0.229. The van der Waals surface area contributed by atoms with E-state index in [0.717, 1.165) is 15.7 Å². The fraction of sp³-hybridized carbons (Fsp3) is 0.278. The molecule has 1 N–H and O–H groups in total. The standard InChI is InChI=1S/C18H17F3INO/c1-17(2,12-6-5-7-13(10-12)18(19,20)21)11-23-16(24)14-8-3-4-9-15(14)22/h3-10H,11H2,1-2H3,(H,23,24). The molecule has 2 nitrogen and oxygen atoms in total. The third kappa shape index (κ3) is 4.49. The number of carbonyl (C=O) groups is 1. The summed E-state index contributed by atoms with van der Waals surface area (Å²) < 4.78 is 39.4. The van der Waals surface area contributed by atoms with Crippen molar-refractivity contribution < 1.29 is 18.0 Å². The molecule has 0 radical (unpaired) electrons. The first-order valence-corrected chi connectivity index (χ1v) is 8.39. The second-order valence-electron chi connectivity index (χ2n) is 6.12. The Balaban J connectivity index is 2.14. The molecule has 2 aromatic carbocycles. The number of nitrogens with one attached hydrogen (secondary N) is 1. The van der Waals surface area contributed by atoms with Crippen LogP contribution in [0.3, 0.4) is 0 Å². The molecule has 0 atom stereocenters. The van der Waals surface area contributed by atoms with Gasteiger partial charge in [0, 0.05) is 15.5 Å². The fourth-order valence-electron chi connectivity index (χ4n) is 2.26. The van der Waals surface area contributed by atoms with Crippen LogP contribution in [-0.2, 0) is 11.6 Å². The number of halogens is 4.